The summed E-state index contributed by atoms with van der Waals surface area (Å²) in [7, 11) is 1.37. The second kappa shape index (κ2) is 9.07. The summed E-state index contributed by atoms with van der Waals surface area (Å²) in [5, 5.41) is 12.0. The van der Waals surface area contributed by atoms with E-state index in [0.29, 0.717) is 5.56 Å². The van der Waals surface area contributed by atoms with Crippen LogP contribution in [-0.2, 0) is 11.3 Å². The molecule has 0 spiro atoms. The fourth-order valence-electron chi connectivity index (χ4n) is 1.70. The van der Waals surface area contributed by atoms with E-state index in [1.54, 1.807) is 12.1 Å². The van der Waals surface area contributed by atoms with Gasteiger partial charge in [0.05, 0.1) is 12.7 Å². The SMILES string of the molecule is COC(=O)c1ccc(CNCCCCCO)c(Br)c1. The average Bonchev–Trinajstić information content (AvgIpc) is 2.43. The number of aliphatic hydroxyl groups excluding tert-OH is 1. The highest BCUT2D eigenvalue weighted by molar-refractivity contribution is 9.10. The Balaban J connectivity index is 2.40. The molecule has 1 rings (SSSR count). The Kier molecular flexibility index (Phi) is 7.70. The maximum absolute atomic E-state index is 11.4. The standard InChI is InChI=1S/C14H20BrNO3/c1-19-14(18)11-5-6-12(13(15)9-11)10-16-7-3-2-4-8-17/h5-6,9,16-17H,2-4,7-8,10H2,1H3. The molecule has 0 aliphatic carbocycles. The average molecular weight is 330 g/mol. The van der Waals surface area contributed by atoms with E-state index >= 15 is 0 Å². The van der Waals surface area contributed by atoms with Crippen LogP contribution in [-0.4, -0.2) is 31.3 Å². The molecule has 106 valence electrons. The molecule has 0 unspecified atom stereocenters. The fourth-order valence-corrected chi connectivity index (χ4v) is 2.22. The van der Waals surface area contributed by atoms with Crippen LogP contribution in [0.15, 0.2) is 22.7 Å². The molecule has 1 aromatic carbocycles. The number of nitrogens with one attached hydrogen (secondary N) is 1. The van der Waals surface area contributed by atoms with Crippen LogP contribution in [0.25, 0.3) is 0 Å². The molecule has 1 aromatic rings. The Morgan fingerprint density at radius 1 is 1.37 bits per heavy atom. The van der Waals surface area contributed by atoms with Crippen molar-refractivity contribution < 1.29 is 14.6 Å². The first-order chi connectivity index (χ1) is 9.19. The van der Waals surface area contributed by atoms with E-state index in [-0.39, 0.29) is 12.6 Å². The van der Waals surface area contributed by atoms with Gasteiger partial charge in [-0.15, -0.1) is 0 Å². The van der Waals surface area contributed by atoms with Crippen molar-refractivity contribution in [3.8, 4) is 0 Å². The van der Waals surface area contributed by atoms with Crippen LogP contribution in [0.2, 0.25) is 0 Å². The largest absolute Gasteiger partial charge is 0.465 e. The number of halogens is 1. The lowest BCUT2D eigenvalue weighted by Crippen LogP contribution is -2.15. The molecule has 0 radical (unpaired) electrons. The van der Waals surface area contributed by atoms with Gasteiger partial charge in [-0.05, 0) is 43.5 Å². The Morgan fingerprint density at radius 2 is 2.16 bits per heavy atom. The summed E-state index contributed by atoms with van der Waals surface area (Å²) in [4.78, 5) is 11.4. The molecular weight excluding hydrogens is 310 g/mol. The van der Waals surface area contributed by atoms with Crippen molar-refractivity contribution in [2.24, 2.45) is 0 Å². The van der Waals surface area contributed by atoms with Crippen molar-refractivity contribution in [1.82, 2.24) is 5.32 Å². The van der Waals surface area contributed by atoms with Gasteiger partial charge in [0.2, 0.25) is 0 Å². The van der Waals surface area contributed by atoms with Crippen LogP contribution in [0, 0.1) is 0 Å². The van der Waals surface area contributed by atoms with Gasteiger partial charge < -0.3 is 15.2 Å². The Labute approximate surface area is 122 Å². The van der Waals surface area contributed by atoms with Gasteiger partial charge >= 0.3 is 5.97 Å². The highest BCUT2D eigenvalue weighted by Crippen LogP contribution is 2.19. The normalized spacial score (nSPS) is 10.5. The summed E-state index contributed by atoms with van der Waals surface area (Å²) in [5.41, 5.74) is 1.65. The molecule has 0 amide bonds. The van der Waals surface area contributed by atoms with Crippen molar-refractivity contribution in [1.29, 1.82) is 0 Å². The molecule has 19 heavy (non-hydrogen) atoms. The Morgan fingerprint density at radius 3 is 2.79 bits per heavy atom. The number of unbranched alkanes of at least 4 members (excludes halogenated alkanes) is 2. The Bertz CT molecular complexity index is 410. The molecule has 0 saturated heterocycles. The lowest BCUT2D eigenvalue weighted by Gasteiger charge is -2.08. The number of esters is 1. The monoisotopic (exact) mass is 329 g/mol. The predicted octanol–water partition coefficient (Wildman–Crippen LogP) is 2.49. The third-order valence-corrected chi connectivity index (χ3v) is 3.54. The van der Waals surface area contributed by atoms with E-state index in [1.165, 1.54) is 7.11 Å². The zero-order valence-electron chi connectivity index (χ0n) is 11.1. The minimum Gasteiger partial charge on any atom is -0.465 e. The molecule has 0 heterocycles. The second-order valence-electron chi connectivity index (χ2n) is 4.26. The number of methoxy groups -OCH3 is 1. The summed E-state index contributed by atoms with van der Waals surface area (Å²) < 4.78 is 5.57. The molecule has 2 N–H and O–H groups in total. The van der Waals surface area contributed by atoms with E-state index in [1.807, 2.05) is 6.07 Å². The fraction of sp³-hybridized carbons (Fsp3) is 0.500. The lowest BCUT2D eigenvalue weighted by molar-refractivity contribution is 0.0600. The van der Waals surface area contributed by atoms with E-state index in [0.717, 1.165) is 42.4 Å². The van der Waals surface area contributed by atoms with Crippen molar-refractivity contribution >= 4 is 21.9 Å². The molecule has 0 saturated carbocycles. The zero-order valence-corrected chi connectivity index (χ0v) is 12.7. The molecule has 0 bridgehead atoms. The van der Waals surface area contributed by atoms with Crippen LogP contribution in [0.1, 0.15) is 35.2 Å². The van der Waals surface area contributed by atoms with E-state index in [2.05, 4.69) is 26.0 Å². The summed E-state index contributed by atoms with van der Waals surface area (Å²) in [5.74, 6) is -0.329. The molecule has 5 heteroatoms. The van der Waals surface area contributed by atoms with E-state index in [4.69, 9.17) is 5.11 Å². The van der Waals surface area contributed by atoms with Gasteiger partial charge in [0.25, 0.3) is 0 Å². The van der Waals surface area contributed by atoms with Gasteiger partial charge in [-0.2, -0.15) is 0 Å². The highest BCUT2D eigenvalue weighted by Gasteiger charge is 2.07. The first kappa shape index (κ1) is 16.1. The smallest absolute Gasteiger partial charge is 0.337 e. The van der Waals surface area contributed by atoms with E-state index < -0.39 is 0 Å². The van der Waals surface area contributed by atoms with Crippen LogP contribution in [0.4, 0.5) is 0 Å². The van der Waals surface area contributed by atoms with E-state index in [9.17, 15) is 4.79 Å². The third kappa shape index (κ3) is 5.72. The lowest BCUT2D eigenvalue weighted by atomic mass is 10.1. The van der Waals surface area contributed by atoms with Gasteiger partial charge in [0, 0.05) is 17.6 Å². The van der Waals surface area contributed by atoms with Gasteiger partial charge in [0.15, 0.2) is 0 Å². The molecule has 0 fully saturated rings. The number of benzene rings is 1. The number of hydrogen-bond donors (Lipinski definition) is 2. The zero-order chi connectivity index (χ0) is 14.1. The second-order valence-corrected chi connectivity index (χ2v) is 5.11. The van der Waals surface area contributed by atoms with Crippen molar-refractivity contribution in [3.05, 3.63) is 33.8 Å². The molecule has 0 aliphatic heterocycles. The van der Waals surface area contributed by atoms with Gasteiger partial charge in [-0.3, -0.25) is 0 Å². The quantitative estimate of drug-likeness (QED) is 0.568. The van der Waals surface area contributed by atoms with Crippen molar-refractivity contribution in [2.45, 2.75) is 25.8 Å². The molecular formula is C14H20BrNO3. The predicted molar refractivity (Wildman–Crippen MR) is 78.1 cm³/mol. The van der Waals surface area contributed by atoms with Gasteiger partial charge in [0.1, 0.15) is 0 Å². The van der Waals surface area contributed by atoms with Crippen molar-refractivity contribution in [3.63, 3.8) is 0 Å². The molecule has 0 aliphatic rings. The molecule has 4 nitrogen and oxygen atoms in total. The topological polar surface area (TPSA) is 58.6 Å². The highest BCUT2D eigenvalue weighted by atomic mass is 79.9. The van der Waals surface area contributed by atoms with Crippen LogP contribution in [0.3, 0.4) is 0 Å². The number of rotatable bonds is 8. The first-order valence-electron chi connectivity index (χ1n) is 6.37. The molecule has 0 atom stereocenters. The summed E-state index contributed by atoms with van der Waals surface area (Å²) in [6.45, 7) is 1.94. The number of hydrogen-bond acceptors (Lipinski definition) is 4. The summed E-state index contributed by atoms with van der Waals surface area (Å²) >= 11 is 3.46. The third-order valence-electron chi connectivity index (χ3n) is 2.80. The van der Waals surface area contributed by atoms with Crippen LogP contribution < -0.4 is 5.32 Å². The summed E-state index contributed by atoms with van der Waals surface area (Å²) in [6.07, 6.45) is 2.95. The van der Waals surface area contributed by atoms with Crippen molar-refractivity contribution in [2.75, 3.05) is 20.3 Å². The number of ether oxygens (including phenoxy) is 1. The minimum atomic E-state index is -0.329. The maximum atomic E-state index is 11.4. The van der Waals surface area contributed by atoms with Crippen LogP contribution >= 0.6 is 15.9 Å². The first-order valence-corrected chi connectivity index (χ1v) is 7.16. The summed E-state index contributed by atoms with van der Waals surface area (Å²) in [6, 6.07) is 5.45. The Hall–Kier alpha value is -0.910. The number of carbonyl (C=O) groups is 1. The van der Waals surface area contributed by atoms with Crippen LogP contribution in [0.5, 0.6) is 0 Å². The number of aliphatic hydroxyl groups is 1. The minimum absolute atomic E-state index is 0.264. The molecule has 0 aromatic heterocycles. The van der Waals surface area contributed by atoms with Gasteiger partial charge in [-0.1, -0.05) is 22.0 Å². The maximum Gasteiger partial charge on any atom is 0.337 e. The van der Waals surface area contributed by atoms with Gasteiger partial charge in [-0.25, -0.2) is 4.79 Å². The number of carbonyl (C=O) groups excluding carboxylic acids is 1.